The van der Waals surface area contributed by atoms with E-state index >= 15 is 0 Å². The molecule has 166 valence electrons. The van der Waals surface area contributed by atoms with E-state index in [1.165, 1.54) is 0 Å². The third kappa shape index (κ3) is 5.15. The number of piperidine rings is 1. The smallest absolute Gasteiger partial charge is 0.338 e. The quantitative estimate of drug-likeness (QED) is 0.740. The number of piperazine rings is 1. The number of likely N-dealkylation sites (tertiary alicyclic amines) is 1. The van der Waals surface area contributed by atoms with Crippen molar-refractivity contribution in [2.75, 3.05) is 44.2 Å². The van der Waals surface area contributed by atoms with Gasteiger partial charge in [-0.1, -0.05) is 18.6 Å². The van der Waals surface area contributed by atoms with Gasteiger partial charge in [0, 0.05) is 44.6 Å². The Morgan fingerprint density at radius 3 is 2.29 bits per heavy atom. The molecule has 3 heterocycles. The minimum atomic E-state index is -4.34. The predicted molar refractivity (Wildman–Crippen MR) is 110 cm³/mol. The highest BCUT2D eigenvalue weighted by molar-refractivity contribution is 5.78. The maximum Gasteiger partial charge on any atom is 0.416 e. The average molecular weight is 433 g/mol. The second kappa shape index (κ2) is 9.21. The number of rotatable bonds is 4. The molecule has 6 nitrogen and oxygen atoms in total. The predicted octanol–water partition coefficient (Wildman–Crippen LogP) is 3.37. The van der Waals surface area contributed by atoms with Crippen LogP contribution in [0.4, 0.5) is 19.1 Å². The first-order chi connectivity index (χ1) is 14.9. The third-order valence-electron chi connectivity index (χ3n) is 6.04. The molecule has 0 aliphatic carbocycles. The maximum atomic E-state index is 13.0. The summed E-state index contributed by atoms with van der Waals surface area (Å²) in [6.07, 6.45) is 1.91. The van der Waals surface area contributed by atoms with Gasteiger partial charge in [0.15, 0.2) is 0 Å². The van der Waals surface area contributed by atoms with Gasteiger partial charge < -0.3 is 9.80 Å². The summed E-state index contributed by atoms with van der Waals surface area (Å²) in [5.41, 5.74) is 0.196. The van der Waals surface area contributed by atoms with Crippen LogP contribution in [0.3, 0.4) is 0 Å². The Hall–Kier alpha value is -2.68. The molecule has 4 rings (SSSR count). The van der Waals surface area contributed by atoms with Crippen molar-refractivity contribution in [3.8, 4) is 0 Å². The minimum Gasteiger partial charge on any atom is -0.338 e. The van der Waals surface area contributed by atoms with E-state index in [-0.39, 0.29) is 18.5 Å². The van der Waals surface area contributed by atoms with E-state index in [4.69, 9.17) is 0 Å². The molecule has 1 aromatic carbocycles. The highest BCUT2D eigenvalue weighted by Gasteiger charge is 2.32. The van der Waals surface area contributed by atoms with Crippen LogP contribution in [0.25, 0.3) is 0 Å². The van der Waals surface area contributed by atoms with Gasteiger partial charge in [0.05, 0.1) is 12.1 Å². The Balaban J connectivity index is 1.36. The van der Waals surface area contributed by atoms with Gasteiger partial charge in [-0.2, -0.15) is 13.2 Å². The molecule has 0 spiro atoms. The van der Waals surface area contributed by atoms with Crippen molar-refractivity contribution >= 4 is 11.9 Å². The van der Waals surface area contributed by atoms with Crippen molar-refractivity contribution in [2.45, 2.75) is 31.5 Å². The molecule has 1 atom stereocenters. The number of hydrogen-bond acceptors (Lipinski definition) is 5. The van der Waals surface area contributed by atoms with Crippen LogP contribution in [0.5, 0.6) is 0 Å². The summed E-state index contributed by atoms with van der Waals surface area (Å²) in [7, 11) is 0. The molecular formula is C22H26F3N5O. The number of carbonyl (C=O) groups is 1. The molecule has 2 saturated heterocycles. The van der Waals surface area contributed by atoms with E-state index < -0.39 is 11.7 Å². The van der Waals surface area contributed by atoms with E-state index in [0.29, 0.717) is 32.1 Å². The second-order valence-corrected chi connectivity index (χ2v) is 8.02. The van der Waals surface area contributed by atoms with Crippen molar-refractivity contribution < 1.29 is 18.0 Å². The van der Waals surface area contributed by atoms with Crippen molar-refractivity contribution in [1.82, 2.24) is 19.8 Å². The van der Waals surface area contributed by atoms with Gasteiger partial charge in [0.1, 0.15) is 0 Å². The molecule has 2 aliphatic rings. The Labute approximate surface area is 179 Å². The van der Waals surface area contributed by atoms with E-state index in [2.05, 4.69) is 19.8 Å². The molecule has 2 fully saturated rings. The van der Waals surface area contributed by atoms with Crippen molar-refractivity contribution in [2.24, 2.45) is 0 Å². The Kier molecular flexibility index (Phi) is 6.41. The Morgan fingerprint density at radius 2 is 1.65 bits per heavy atom. The number of hydrogen-bond donors (Lipinski definition) is 0. The fourth-order valence-corrected chi connectivity index (χ4v) is 4.34. The van der Waals surface area contributed by atoms with Crippen LogP contribution in [0.2, 0.25) is 0 Å². The molecule has 9 heteroatoms. The summed E-state index contributed by atoms with van der Waals surface area (Å²) in [6.45, 7) is 3.63. The first-order valence-corrected chi connectivity index (χ1v) is 10.6. The van der Waals surface area contributed by atoms with E-state index in [0.717, 1.165) is 43.5 Å². The number of halogens is 3. The zero-order chi connectivity index (χ0) is 21.8. The molecule has 2 aromatic rings. The maximum absolute atomic E-state index is 13.0. The molecule has 0 N–H and O–H groups in total. The summed E-state index contributed by atoms with van der Waals surface area (Å²) in [4.78, 5) is 27.5. The lowest BCUT2D eigenvalue weighted by atomic mass is 9.94. The zero-order valence-corrected chi connectivity index (χ0v) is 17.3. The highest BCUT2D eigenvalue weighted by atomic mass is 19.4. The van der Waals surface area contributed by atoms with Crippen LogP contribution in [-0.4, -0.2) is 64.9 Å². The van der Waals surface area contributed by atoms with Crippen LogP contribution in [-0.2, 0) is 11.0 Å². The van der Waals surface area contributed by atoms with Crippen LogP contribution in [0, 0.1) is 0 Å². The van der Waals surface area contributed by atoms with Gasteiger partial charge in [0.2, 0.25) is 11.9 Å². The monoisotopic (exact) mass is 433 g/mol. The lowest BCUT2D eigenvalue weighted by Crippen LogP contribution is -2.52. The van der Waals surface area contributed by atoms with Gasteiger partial charge in [-0.3, -0.25) is 9.69 Å². The largest absolute Gasteiger partial charge is 0.416 e. The fraction of sp³-hybridized carbons (Fsp3) is 0.500. The SMILES string of the molecule is O=C(CN1CCCCC1c1ccc(C(F)(F)F)cc1)N1CCN(c2ncccn2)CC1. The molecule has 0 bridgehead atoms. The summed E-state index contributed by atoms with van der Waals surface area (Å²) < 4.78 is 38.6. The lowest BCUT2D eigenvalue weighted by Gasteiger charge is -2.39. The molecular weight excluding hydrogens is 407 g/mol. The van der Waals surface area contributed by atoms with Crippen LogP contribution in [0.1, 0.15) is 36.4 Å². The fourth-order valence-electron chi connectivity index (χ4n) is 4.34. The van der Waals surface area contributed by atoms with E-state index in [9.17, 15) is 18.0 Å². The Morgan fingerprint density at radius 1 is 0.968 bits per heavy atom. The average Bonchev–Trinajstić information content (AvgIpc) is 2.80. The molecule has 1 unspecified atom stereocenters. The number of alkyl halides is 3. The Bertz CT molecular complexity index is 867. The van der Waals surface area contributed by atoms with E-state index in [1.54, 1.807) is 30.6 Å². The van der Waals surface area contributed by atoms with E-state index in [1.807, 2.05) is 4.90 Å². The molecule has 2 aliphatic heterocycles. The van der Waals surface area contributed by atoms with Gasteiger partial charge in [0.25, 0.3) is 0 Å². The normalized spacial score (nSPS) is 20.7. The topological polar surface area (TPSA) is 52.6 Å². The molecule has 0 saturated carbocycles. The molecule has 31 heavy (non-hydrogen) atoms. The van der Waals surface area contributed by atoms with Crippen molar-refractivity contribution in [1.29, 1.82) is 0 Å². The van der Waals surface area contributed by atoms with Gasteiger partial charge >= 0.3 is 6.18 Å². The number of carbonyl (C=O) groups excluding carboxylic acids is 1. The summed E-state index contributed by atoms with van der Waals surface area (Å²) >= 11 is 0. The number of benzene rings is 1. The highest BCUT2D eigenvalue weighted by Crippen LogP contribution is 2.34. The molecule has 0 radical (unpaired) electrons. The second-order valence-electron chi connectivity index (χ2n) is 8.02. The number of anilines is 1. The lowest BCUT2D eigenvalue weighted by molar-refractivity contribution is -0.137. The van der Waals surface area contributed by atoms with Crippen molar-refractivity contribution in [3.63, 3.8) is 0 Å². The van der Waals surface area contributed by atoms with Gasteiger partial charge in [-0.05, 0) is 43.1 Å². The van der Waals surface area contributed by atoms with Crippen LogP contribution in [0.15, 0.2) is 42.7 Å². The zero-order valence-electron chi connectivity index (χ0n) is 17.3. The number of nitrogens with zero attached hydrogens (tertiary/aromatic N) is 5. The van der Waals surface area contributed by atoms with Crippen LogP contribution >= 0.6 is 0 Å². The van der Waals surface area contributed by atoms with Gasteiger partial charge in [-0.15, -0.1) is 0 Å². The first kappa shape index (κ1) is 21.5. The standard InChI is InChI=1S/C22H26F3N5O/c23-22(24,25)18-7-5-17(6-8-18)19-4-1-2-11-30(19)16-20(31)28-12-14-29(15-13-28)21-26-9-3-10-27-21/h3,5-10,19H,1-2,4,11-16H2. The number of aromatic nitrogens is 2. The third-order valence-corrected chi connectivity index (χ3v) is 6.04. The summed E-state index contributed by atoms with van der Waals surface area (Å²) in [5, 5.41) is 0. The molecule has 1 amide bonds. The molecule has 1 aromatic heterocycles. The van der Waals surface area contributed by atoms with Crippen molar-refractivity contribution in [3.05, 3.63) is 53.9 Å². The summed E-state index contributed by atoms with van der Waals surface area (Å²) in [6, 6.07) is 7.11. The number of amides is 1. The minimum absolute atomic E-state index is 0.0287. The first-order valence-electron chi connectivity index (χ1n) is 10.6. The van der Waals surface area contributed by atoms with Gasteiger partial charge in [-0.25, -0.2) is 9.97 Å². The summed E-state index contributed by atoms with van der Waals surface area (Å²) in [5.74, 6) is 0.737. The van der Waals surface area contributed by atoms with Crippen LogP contribution < -0.4 is 4.90 Å².